The number of halogens is 2. The van der Waals surface area contributed by atoms with Gasteiger partial charge in [0.2, 0.25) is 11.8 Å². The van der Waals surface area contributed by atoms with Crippen molar-refractivity contribution < 1.29 is 23.2 Å². The van der Waals surface area contributed by atoms with Crippen LogP contribution in [0.2, 0.25) is 0 Å². The number of nitrogens with one attached hydrogen (secondary N) is 1. The molecule has 2 atom stereocenters. The van der Waals surface area contributed by atoms with Crippen molar-refractivity contribution in [1.82, 2.24) is 34.7 Å². The Bertz CT molecular complexity index is 1870. The number of amides is 3. The fraction of sp³-hybridized carbons (Fsp3) is 0.207. The van der Waals surface area contributed by atoms with Crippen LogP contribution in [0.5, 0.6) is 0 Å². The van der Waals surface area contributed by atoms with Crippen LogP contribution in [-0.2, 0) is 16.1 Å². The van der Waals surface area contributed by atoms with Crippen molar-refractivity contribution in [2.45, 2.75) is 32.1 Å². The molecule has 1 fully saturated rings. The van der Waals surface area contributed by atoms with Crippen molar-refractivity contribution in [3.8, 4) is 16.8 Å². The summed E-state index contributed by atoms with van der Waals surface area (Å²) in [7, 11) is 0. The molecule has 5 aromatic rings. The summed E-state index contributed by atoms with van der Waals surface area (Å²) < 4.78 is 31.7. The van der Waals surface area contributed by atoms with E-state index in [0.717, 1.165) is 16.0 Å². The third-order valence-corrected chi connectivity index (χ3v) is 7.22. The molecular weight excluding hydrogens is 560 g/mol. The molecule has 0 radical (unpaired) electrons. The van der Waals surface area contributed by atoms with Gasteiger partial charge in [0.25, 0.3) is 5.91 Å². The molecule has 0 aliphatic carbocycles. The molecule has 2 unspecified atom stereocenters. The molecule has 43 heavy (non-hydrogen) atoms. The molecule has 218 valence electrons. The van der Waals surface area contributed by atoms with Gasteiger partial charge in [0.1, 0.15) is 36.1 Å². The van der Waals surface area contributed by atoms with E-state index < -0.39 is 35.8 Å². The van der Waals surface area contributed by atoms with Crippen LogP contribution in [-0.4, -0.2) is 71.1 Å². The van der Waals surface area contributed by atoms with Crippen molar-refractivity contribution >= 4 is 34.4 Å². The average Bonchev–Trinajstić information content (AvgIpc) is 3.68. The van der Waals surface area contributed by atoms with Crippen LogP contribution < -0.4 is 11.1 Å². The molecule has 0 spiro atoms. The second kappa shape index (κ2) is 11.0. The number of nitrogens with zero attached hydrogens (tertiary/aromatic N) is 7. The van der Waals surface area contributed by atoms with E-state index in [1.807, 2.05) is 0 Å². The Balaban J connectivity index is 1.26. The zero-order valence-electron chi connectivity index (χ0n) is 22.8. The lowest BCUT2D eigenvalue weighted by molar-refractivity contribution is -0.137. The highest BCUT2D eigenvalue weighted by Gasteiger charge is 2.40. The van der Waals surface area contributed by atoms with Crippen LogP contribution >= 0.6 is 0 Å². The molecule has 0 saturated carbocycles. The summed E-state index contributed by atoms with van der Waals surface area (Å²) in [6.45, 7) is 1.01. The Morgan fingerprint density at radius 3 is 2.60 bits per heavy atom. The first kappa shape index (κ1) is 27.6. The first-order valence-corrected chi connectivity index (χ1v) is 13.3. The molecule has 14 heteroatoms. The highest BCUT2D eigenvalue weighted by Crippen LogP contribution is 2.28. The Morgan fingerprint density at radius 2 is 1.86 bits per heavy atom. The number of hydrogen-bond acceptors (Lipinski definition) is 7. The van der Waals surface area contributed by atoms with Gasteiger partial charge in [-0.3, -0.25) is 19.1 Å². The summed E-state index contributed by atoms with van der Waals surface area (Å²) in [6, 6.07) is 13.3. The van der Waals surface area contributed by atoms with E-state index in [1.165, 1.54) is 33.8 Å². The number of para-hydroxylation sites is 1. The van der Waals surface area contributed by atoms with E-state index in [2.05, 4.69) is 25.7 Å². The summed E-state index contributed by atoms with van der Waals surface area (Å²) in [4.78, 5) is 40.2. The van der Waals surface area contributed by atoms with E-state index >= 15 is 0 Å². The molecule has 3 aromatic heterocycles. The van der Waals surface area contributed by atoms with Gasteiger partial charge in [-0.25, -0.2) is 13.5 Å². The van der Waals surface area contributed by atoms with Gasteiger partial charge in [-0.05, 0) is 42.8 Å². The Labute approximate surface area is 243 Å². The van der Waals surface area contributed by atoms with Crippen molar-refractivity contribution in [1.29, 1.82) is 0 Å². The molecule has 2 aromatic carbocycles. The highest BCUT2D eigenvalue weighted by molar-refractivity contribution is 6.05. The minimum atomic E-state index is -1.44. The number of rotatable bonds is 7. The molecule has 3 amide bonds. The normalized spacial score (nSPS) is 16.5. The van der Waals surface area contributed by atoms with E-state index in [0.29, 0.717) is 16.6 Å². The van der Waals surface area contributed by atoms with Gasteiger partial charge in [-0.2, -0.15) is 20.4 Å². The van der Waals surface area contributed by atoms with Crippen molar-refractivity contribution in [2.24, 2.45) is 5.73 Å². The topological polar surface area (TPSA) is 154 Å². The van der Waals surface area contributed by atoms with Gasteiger partial charge < -0.3 is 16.0 Å². The first-order valence-electron chi connectivity index (χ1n) is 13.3. The number of likely N-dealkylation sites (tertiary alicyclic amines) is 1. The van der Waals surface area contributed by atoms with Gasteiger partial charge in [0.05, 0.1) is 30.1 Å². The van der Waals surface area contributed by atoms with E-state index in [1.54, 1.807) is 49.5 Å². The maximum absolute atomic E-state index is 14.7. The van der Waals surface area contributed by atoms with Crippen molar-refractivity contribution in [3.05, 3.63) is 84.2 Å². The predicted molar refractivity (Wildman–Crippen MR) is 151 cm³/mol. The number of aromatic nitrogens is 6. The molecular formula is C29H25F2N9O3. The summed E-state index contributed by atoms with van der Waals surface area (Å²) in [5.74, 6) is -2.39. The smallest absolute Gasteiger partial charge is 0.269 e. The molecule has 0 bridgehead atoms. The van der Waals surface area contributed by atoms with Gasteiger partial charge in [-0.1, -0.05) is 18.2 Å². The quantitative estimate of drug-likeness (QED) is 0.298. The number of nitrogens with two attached hydrogens (primary N) is 1. The second-order valence-corrected chi connectivity index (χ2v) is 10.2. The lowest BCUT2D eigenvalue weighted by Crippen LogP contribution is -2.44. The van der Waals surface area contributed by atoms with Crippen LogP contribution in [0.25, 0.3) is 27.7 Å². The largest absolute Gasteiger partial charge is 0.364 e. The zero-order chi connectivity index (χ0) is 30.2. The van der Waals surface area contributed by atoms with Gasteiger partial charge >= 0.3 is 0 Å². The minimum Gasteiger partial charge on any atom is -0.364 e. The fourth-order valence-corrected chi connectivity index (χ4v) is 5.26. The molecule has 1 aliphatic heterocycles. The molecule has 4 heterocycles. The van der Waals surface area contributed by atoms with Crippen molar-refractivity contribution in [2.75, 3.05) is 11.9 Å². The lowest BCUT2D eigenvalue weighted by atomic mass is 10.0. The monoisotopic (exact) mass is 585 g/mol. The third kappa shape index (κ3) is 5.29. The van der Waals surface area contributed by atoms with Crippen LogP contribution in [0.1, 0.15) is 22.6 Å². The number of benzene rings is 2. The summed E-state index contributed by atoms with van der Waals surface area (Å²) in [6.07, 6.45) is 1.44. The number of hydrogen-bond donors (Lipinski definition) is 2. The lowest BCUT2D eigenvalue weighted by Gasteiger charge is -2.24. The number of primary amides is 1. The highest BCUT2D eigenvalue weighted by atomic mass is 19.1. The summed E-state index contributed by atoms with van der Waals surface area (Å²) in [5, 5.41) is 19.3. The number of alkyl halides is 1. The number of carbonyl (C=O) groups is 3. The number of aryl methyl sites for hydroxylation is 1. The molecule has 6 rings (SSSR count). The van der Waals surface area contributed by atoms with Crippen molar-refractivity contribution in [3.63, 3.8) is 0 Å². The molecule has 12 nitrogen and oxygen atoms in total. The summed E-state index contributed by atoms with van der Waals surface area (Å²) in [5.41, 5.74) is 8.12. The Kier molecular flexibility index (Phi) is 7.09. The molecule has 1 saturated heterocycles. The van der Waals surface area contributed by atoms with Gasteiger partial charge in [0.15, 0.2) is 5.69 Å². The van der Waals surface area contributed by atoms with Crippen LogP contribution in [0.15, 0.2) is 67.0 Å². The summed E-state index contributed by atoms with van der Waals surface area (Å²) >= 11 is 0. The second-order valence-electron chi connectivity index (χ2n) is 10.2. The Morgan fingerprint density at radius 1 is 1.05 bits per heavy atom. The van der Waals surface area contributed by atoms with Gasteiger partial charge in [-0.15, -0.1) is 0 Å². The molecule has 1 aliphatic rings. The van der Waals surface area contributed by atoms with Crippen LogP contribution in [0.3, 0.4) is 0 Å². The Hall–Kier alpha value is -5.53. The SMILES string of the molecule is Cc1cc(NC(=O)C2CC(F)CN2C(=O)Cn2nc(C(N)=O)c3cc(-c4ccnnc4)ccc32)n(-c2ccccc2F)n1. The van der Waals surface area contributed by atoms with E-state index in [9.17, 15) is 23.2 Å². The molecule has 3 N–H and O–H groups in total. The first-order chi connectivity index (χ1) is 20.7. The zero-order valence-corrected chi connectivity index (χ0v) is 22.8. The average molecular weight is 586 g/mol. The van der Waals surface area contributed by atoms with Gasteiger partial charge in [0, 0.05) is 23.4 Å². The number of fused-ring (bicyclic) bond motifs is 1. The maximum atomic E-state index is 14.7. The van der Waals surface area contributed by atoms with E-state index in [-0.39, 0.29) is 36.7 Å². The predicted octanol–water partition coefficient (Wildman–Crippen LogP) is 2.80. The fourth-order valence-electron chi connectivity index (χ4n) is 5.26. The third-order valence-electron chi connectivity index (χ3n) is 7.22. The van der Waals surface area contributed by atoms with Crippen LogP contribution in [0.4, 0.5) is 14.6 Å². The number of carbonyl (C=O) groups excluding carboxylic acids is 3. The maximum Gasteiger partial charge on any atom is 0.269 e. The standard InChI is InChI=1S/C29H25F2N9O3/c1-16-10-25(40(36-16)23-5-3-2-4-21(23)31)35-29(43)24-12-19(30)14-38(24)26(41)15-39-22-7-6-17(18-8-9-33-34-13-18)11-20(22)27(37-39)28(32)42/h2-11,13,19,24H,12,14-15H2,1H3,(H2,32,42)(H,35,43). The van der Waals surface area contributed by atoms with Crippen LogP contribution in [0, 0.1) is 12.7 Å². The minimum absolute atomic E-state index is 0.0393. The van der Waals surface area contributed by atoms with E-state index in [4.69, 9.17) is 5.73 Å². The number of anilines is 1.